The quantitative estimate of drug-likeness (QED) is 0.702. The molecule has 1 aromatic heterocycles. The summed E-state index contributed by atoms with van der Waals surface area (Å²) in [5, 5.41) is 1.56. The molecular formula is C14H9Cl3N2O. The van der Waals surface area contributed by atoms with Crippen molar-refractivity contribution in [1.29, 1.82) is 0 Å². The number of hydrogen-bond donors (Lipinski definition) is 1. The number of methoxy groups -OCH3 is 1. The highest BCUT2D eigenvalue weighted by Crippen LogP contribution is 2.33. The van der Waals surface area contributed by atoms with Crippen LogP contribution in [-0.2, 0) is 0 Å². The minimum Gasteiger partial charge on any atom is -0.496 e. The van der Waals surface area contributed by atoms with Crippen molar-refractivity contribution in [2.75, 3.05) is 7.11 Å². The van der Waals surface area contributed by atoms with E-state index in [1.807, 2.05) is 0 Å². The van der Waals surface area contributed by atoms with E-state index in [-0.39, 0.29) is 0 Å². The van der Waals surface area contributed by atoms with E-state index in [1.54, 1.807) is 37.4 Å². The highest BCUT2D eigenvalue weighted by molar-refractivity contribution is 6.42. The molecule has 0 saturated heterocycles. The lowest BCUT2D eigenvalue weighted by Gasteiger charge is -2.05. The van der Waals surface area contributed by atoms with Crippen LogP contribution in [0, 0.1) is 0 Å². The summed E-state index contributed by atoms with van der Waals surface area (Å²) in [6, 6.07) is 8.81. The monoisotopic (exact) mass is 326 g/mol. The number of imidazole rings is 1. The van der Waals surface area contributed by atoms with Gasteiger partial charge in [0.15, 0.2) is 0 Å². The van der Waals surface area contributed by atoms with Gasteiger partial charge in [-0.1, -0.05) is 34.8 Å². The number of aromatic amines is 1. The van der Waals surface area contributed by atoms with E-state index in [0.717, 1.165) is 16.6 Å². The summed E-state index contributed by atoms with van der Waals surface area (Å²) in [5.74, 6) is 1.34. The number of halogens is 3. The van der Waals surface area contributed by atoms with E-state index < -0.39 is 0 Å². The van der Waals surface area contributed by atoms with Crippen LogP contribution in [0.1, 0.15) is 0 Å². The minimum atomic E-state index is 0.468. The van der Waals surface area contributed by atoms with Gasteiger partial charge in [0, 0.05) is 5.02 Å². The lowest BCUT2D eigenvalue weighted by Crippen LogP contribution is -1.89. The highest BCUT2D eigenvalue weighted by atomic mass is 35.5. The standard InChI is InChI=1S/C14H9Cl3N2O/c1-20-13-3-2-7(15)4-8(13)14-18-11-5-9(16)10(17)6-12(11)19-14/h2-6H,1H3,(H,18,19). The molecule has 3 nitrogen and oxygen atoms in total. The first-order chi connectivity index (χ1) is 9.58. The number of aromatic nitrogens is 2. The average Bonchev–Trinajstić information content (AvgIpc) is 2.82. The molecule has 1 heterocycles. The second-order valence-corrected chi connectivity index (χ2v) is 5.46. The molecule has 0 unspecified atom stereocenters. The molecule has 1 N–H and O–H groups in total. The number of ether oxygens (including phenoxy) is 1. The van der Waals surface area contributed by atoms with Crippen molar-refractivity contribution in [3.8, 4) is 17.1 Å². The molecule has 0 saturated carbocycles. The third kappa shape index (κ3) is 2.33. The maximum absolute atomic E-state index is 6.03. The molecule has 2 aromatic carbocycles. The van der Waals surface area contributed by atoms with Crippen molar-refractivity contribution >= 4 is 45.8 Å². The first-order valence-electron chi connectivity index (χ1n) is 5.77. The molecule has 102 valence electrons. The molecule has 0 aliphatic carbocycles. The van der Waals surface area contributed by atoms with Gasteiger partial charge in [0.25, 0.3) is 0 Å². The normalized spacial score (nSPS) is 11.0. The Morgan fingerprint density at radius 3 is 2.55 bits per heavy atom. The van der Waals surface area contributed by atoms with Gasteiger partial charge in [0.2, 0.25) is 0 Å². The molecule has 20 heavy (non-hydrogen) atoms. The van der Waals surface area contributed by atoms with Gasteiger partial charge in [-0.05, 0) is 30.3 Å². The van der Waals surface area contributed by atoms with Crippen LogP contribution < -0.4 is 4.74 Å². The van der Waals surface area contributed by atoms with Gasteiger partial charge in [0.05, 0.1) is 33.8 Å². The zero-order valence-corrected chi connectivity index (χ0v) is 12.6. The second kappa shape index (κ2) is 5.17. The van der Waals surface area contributed by atoms with Crippen LogP contribution in [-0.4, -0.2) is 17.1 Å². The predicted octanol–water partition coefficient (Wildman–Crippen LogP) is 5.20. The van der Waals surface area contributed by atoms with Crippen molar-refractivity contribution in [3.05, 3.63) is 45.4 Å². The zero-order valence-electron chi connectivity index (χ0n) is 10.4. The summed E-state index contributed by atoms with van der Waals surface area (Å²) in [5.41, 5.74) is 2.32. The molecule has 0 fully saturated rings. The Hall–Kier alpha value is -1.42. The number of benzene rings is 2. The zero-order chi connectivity index (χ0) is 14.3. The van der Waals surface area contributed by atoms with Crippen LogP contribution in [0.2, 0.25) is 15.1 Å². The summed E-state index contributed by atoms with van der Waals surface area (Å²) in [7, 11) is 1.60. The minimum absolute atomic E-state index is 0.468. The number of rotatable bonds is 2. The molecule has 0 amide bonds. The Morgan fingerprint density at radius 2 is 1.80 bits per heavy atom. The number of nitrogens with zero attached hydrogens (tertiary/aromatic N) is 1. The van der Waals surface area contributed by atoms with Gasteiger partial charge in [-0.2, -0.15) is 0 Å². The van der Waals surface area contributed by atoms with Crippen LogP contribution in [0.5, 0.6) is 5.75 Å². The Balaban J connectivity index is 2.22. The molecule has 6 heteroatoms. The molecule has 0 aliphatic heterocycles. The predicted molar refractivity (Wildman–Crippen MR) is 83.1 cm³/mol. The van der Waals surface area contributed by atoms with Gasteiger partial charge in [0.1, 0.15) is 11.6 Å². The van der Waals surface area contributed by atoms with Crippen LogP contribution in [0.3, 0.4) is 0 Å². The summed E-state index contributed by atoms with van der Waals surface area (Å²) >= 11 is 18.0. The smallest absolute Gasteiger partial charge is 0.142 e. The van der Waals surface area contributed by atoms with E-state index in [2.05, 4.69) is 9.97 Å². The second-order valence-electron chi connectivity index (χ2n) is 4.21. The number of fused-ring (bicyclic) bond motifs is 1. The molecule has 0 spiro atoms. The van der Waals surface area contributed by atoms with Gasteiger partial charge in [-0.3, -0.25) is 0 Å². The van der Waals surface area contributed by atoms with E-state index in [9.17, 15) is 0 Å². The maximum atomic E-state index is 6.03. The lowest BCUT2D eigenvalue weighted by molar-refractivity contribution is 0.416. The van der Waals surface area contributed by atoms with Gasteiger partial charge >= 0.3 is 0 Å². The van der Waals surface area contributed by atoms with Crippen molar-refractivity contribution in [2.24, 2.45) is 0 Å². The molecule has 0 radical (unpaired) electrons. The van der Waals surface area contributed by atoms with Crippen LogP contribution in [0.15, 0.2) is 30.3 Å². The topological polar surface area (TPSA) is 37.9 Å². The third-order valence-electron chi connectivity index (χ3n) is 2.94. The van der Waals surface area contributed by atoms with Gasteiger partial charge in [-0.15, -0.1) is 0 Å². The fraction of sp³-hybridized carbons (Fsp3) is 0.0714. The van der Waals surface area contributed by atoms with Crippen molar-refractivity contribution in [3.63, 3.8) is 0 Å². The Kier molecular flexibility index (Phi) is 3.50. The molecule has 0 atom stereocenters. The van der Waals surface area contributed by atoms with Crippen LogP contribution >= 0.6 is 34.8 Å². The van der Waals surface area contributed by atoms with Crippen LogP contribution in [0.25, 0.3) is 22.4 Å². The first kappa shape index (κ1) is 13.6. The molecule has 3 aromatic rings. The molecule has 0 bridgehead atoms. The van der Waals surface area contributed by atoms with Crippen molar-refractivity contribution in [2.45, 2.75) is 0 Å². The average molecular weight is 328 g/mol. The van der Waals surface area contributed by atoms with Crippen molar-refractivity contribution in [1.82, 2.24) is 9.97 Å². The summed E-state index contributed by atoms with van der Waals surface area (Å²) < 4.78 is 5.33. The highest BCUT2D eigenvalue weighted by Gasteiger charge is 2.12. The van der Waals surface area contributed by atoms with Crippen molar-refractivity contribution < 1.29 is 4.74 Å². The summed E-state index contributed by atoms with van der Waals surface area (Å²) in [4.78, 5) is 7.69. The summed E-state index contributed by atoms with van der Waals surface area (Å²) in [6.45, 7) is 0. The Labute approximate surface area is 130 Å². The molecule has 0 aliphatic rings. The van der Waals surface area contributed by atoms with Crippen LogP contribution in [0.4, 0.5) is 0 Å². The number of hydrogen-bond acceptors (Lipinski definition) is 2. The Morgan fingerprint density at radius 1 is 1.05 bits per heavy atom. The molecular weight excluding hydrogens is 319 g/mol. The fourth-order valence-electron chi connectivity index (χ4n) is 2.00. The lowest BCUT2D eigenvalue weighted by atomic mass is 10.2. The third-order valence-corrected chi connectivity index (χ3v) is 3.90. The maximum Gasteiger partial charge on any atom is 0.142 e. The van der Waals surface area contributed by atoms with E-state index in [0.29, 0.717) is 26.6 Å². The largest absolute Gasteiger partial charge is 0.496 e. The van der Waals surface area contributed by atoms with E-state index in [1.165, 1.54) is 0 Å². The Bertz CT molecular complexity index is 759. The SMILES string of the molecule is COc1ccc(Cl)cc1-c1nc2cc(Cl)c(Cl)cc2[nH]1. The number of H-pyrrole nitrogens is 1. The molecule has 3 rings (SSSR count). The summed E-state index contributed by atoms with van der Waals surface area (Å²) in [6.07, 6.45) is 0. The first-order valence-corrected chi connectivity index (χ1v) is 6.90. The van der Waals surface area contributed by atoms with Gasteiger partial charge in [-0.25, -0.2) is 4.98 Å². The van der Waals surface area contributed by atoms with E-state index >= 15 is 0 Å². The number of nitrogens with one attached hydrogen (secondary N) is 1. The van der Waals surface area contributed by atoms with Gasteiger partial charge < -0.3 is 9.72 Å². The van der Waals surface area contributed by atoms with E-state index in [4.69, 9.17) is 39.5 Å². The fourth-order valence-corrected chi connectivity index (χ4v) is 2.49.